The SMILES string of the molecule is C=C[C@H]1C[N@+]2(Cc3ccc(C(F)(F)F)cc3C(F)(F)F)CC[C@H]1C[C@H]2[C@H](O)c1ccnc2ccc(OC)cc12. The number of halogens is 6. The van der Waals surface area contributed by atoms with Crippen LogP contribution in [0.15, 0.2) is 61.3 Å². The maximum Gasteiger partial charge on any atom is 0.416 e. The van der Waals surface area contributed by atoms with Gasteiger partial charge in [0.1, 0.15) is 24.4 Å². The first kappa shape index (κ1) is 27.5. The Kier molecular flexibility index (Phi) is 6.91. The summed E-state index contributed by atoms with van der Waals surface area (Å²) in [5, 5.41) is 12.5. The quantitative estimate of drug-likeness (QED) is 0.205. The number of hydrogen-bond acceptors (Lipinski definition) is 3. The molecule has 3 aromatic rings. The average molecular weight is 552 g/mol. The van der Waals surface area contributed by atoms with Crippen molar-refractivity contribution < 1.29 is 40.7 Å². The van der Waals surface area contributed by atoms with E-state index in [9.17, 15) is 31.4 Å². The molecule has 6 rings (SSSR count). The lowest BCUT2D eigenvalue weighted by molar-refractivity contribution is -0.985. The fourth-order valence-corrected chi connectivity index (χ4v) is 6.61. The first-order valence-electron chi connectivity index (χ1n) is 12.7. The summed E-state index contributed by atoms with van der Waals surface area (Å²) in [6.45, 7) is 4.72. The van der Waals surface area contributed by atoms with Gasteiger partial charge in [0.15, 0.2) is 0 Å². The van der Waals surface area contributed by atoms with Gasteiger partial charge in [-0.25, -0.2) is 0 Å². The molecule has 39 heavy (non-hydrogen) atoms. The van der Waals surface area contributed by atoms with Gasteiger partial charge in [0.05, 0.1) is 36.8 Å². The van der Waals surface area contributed by atoms with Crippen LogP contribution in [0.5, 0.6) is 5.75 Å². The van der Waals surface area contributed by atoms with E-state index in [2.05, 4.69) is 11.6 Å². The van der Waals surface area contributed by atoms with Crippen LogP contribution in [-0.4, -0.2) is 40.8 Å². The number of alkyl halides is 6. The van der Waals surface area contributed by atoms with E-state index in [1.54, 1.807) is 30.5 Å². The van der Waals surface area contributed by atoms with Crippen LogP contribution in [0.3, 0.4) is 0 Å². The molecular formula is C29H29F6N2O2+. The minimum absolute atomic E-state index is 0.0280. The summed E-state index contributed by atoms with van der Waals surface area (Å²) in [7, 11) is 1.53. The lowest BCUT2D eigenvalue weighted by atomic mass is 9.71. The number of aliphatic hydroxyl groups is 1. The van der Waals surface area contributed by atoms with E-state index in [4.69, 9.17) is 4.74 Å². The van der Waals surface area contributed by atoms with Crippen molar-refractivity contribution in [1.29, 1.82) is 0 Å². The number of hydrogen-bond donors (Lipinski definition) is 1. The zero-order chi connectivity index (χ0) is 28.2. The van der Waals surface area contributed by atoms with Crippen LogP contribution in [0, 0.1) is 11.8 Å². The summed E-state index contributed by atoms with van der Waals surface area (Å²) in [6, 6.07) is 8.38. The molecule has 2 aromatic carbocycles. The molecular weight excluding hydrogens is 522 g/mol. The highest BCUT2D eigenvalue weighted by molar-refractivity contribution is 5.83. The number of fused-ring (bicyclic) bond motifs is 4. The Labute approximate surface area is 222 Å². The number of pyridine rings is 1. The van der Waals surface area contributed by atoms with Crippen LogP contribution in [0.1, 0.15) is 41.2 Å². The smallest absolute Gasteiger partial charge is 0.416 e. The number of piperidine rings is 3. The van der Waals surface area contributed by atoms with Crippen LogP contribution in [0.4, 0.5) is 26.3 Å². The molecule has 1 aromatic heterocycles. The van der Waals surface area contributed by atoms with Crippen molar-refractivity contribution in [3.05, 3.63) is 83.6 Å². The molecule has 208 valence electrons. The molecule has 0 radical (unpaired) electrons. The molecule has 0 unspecified atom stereocenters. The van der Waals surface area contributed by atoms with E-state index in [1.807, 2.05) is 6.08 Å². The summed E-state index contributed by atoms with van der Waals surface area (Å²) in [6.07, 6.45) is -6.24. The fraction of sp³-hybridized carbons (Fsp3) is 0.414. The lowest BCUT2D eigenvalue weighted by Crippen LogP contribution is -2.67. The first-order chi connectivity index (χ1) is 18.4. The Hall–Kier alpha value is -3.11. The number of methoxy groups -OCH3 is 1. The van der Waals surface area contributed by atoms with Crippen LogP contribution in [-0.2, 0) is 18.9 Å². The number of aromatic nitrogens is 1. The monoisotopic (exact) mass is 551 g/mol. The second-order valence-electron chi connectivity index (χ2n) is 10.6. The molecule has 4 heterocycles. The molecule has 0 amide bonds. The van der Waals surface area contributed by atoms with Gasteiger partial charge in [0.2, 0.25) is 0 Å². The van der Waals surface area contributed by atoms with Crippen molar-refractivity contribution in [2.24, 2.45) is 11.8 Å². The van der Waals surface area contributed by atoms with Crippen molar-refractivity contribution in [3.8, 4) is 5.75 Å². The number of ether oxygens (including phenoxy) is 1. The zero-order valence-electron chi connectivity index (χ0n) is 21.3. The van der Waals surface area contributed by atoms with Gasteiger partial charge in [-0.3, -0.25) is 4.98 Å². The van der Waals surface area contributed by atoms with Crippen molar-refractivity contribution in [2.75, 3.05) is 20.2 Å². The Bertz CT molecular complexity index is 1390. The first-order valence-corrected chi connectivity index (χ1v) is 12.7. The van der Waals surface area contributed by atoms with Gasteiger partial charge in [0, 0.05) is 35.9 Å². The van der Waals surface area contributed by atoms with Gasteiger partial charge in [-0.2, -0.15) is 26.3 Å². The Balaban J connectivity index is 1.60. The van der Waals surface area contributed by atoms with E-state index in [0.717, 1.165) is 12.5 Å². The van der Waals surface area contributed by atoms with Gasteiger partial charge in [-0.15, -0.1) is 6.58 Å². The normalized spacial score (nSPS) is 26.0. The lowest BCUT2D eigenvalue weighted by Gasteiger charge is -2.58. The minimum Gasteiger partial charge on any atom is -0.497 e. The molecule has 0 spiro atoms. The van der Waals surface area contributed by atoms with E-state index < -0.39 is 35.6 Å². The van der Waals surface area contributed by atoms with Gasteiger partial charge >= 0.3 is 12.4 Å². The molecule has 1 N–H and O–H groups in total. The van der Waals surface area contributed by atoms with E-state index >= 15 is 0 Å². The van der Waals surface area contributed by atoms with E-state index in [0.29, 0.717) is 47.8 Å². The molecule has 5 atom stereocenters. The third kappa shape index (κ3) is 5.00. The van der Waals surface area contributed by atoms with Crippen molar-refractivity contribution in [2.45, 2.75) is 43.9 Å². The maximum atomic E-state index is 14.1. The highest BCUT2D eigenvalue weighted by Crippen LogP contribution is 2.49. The summed E-state index contributed by atoms with van der Waals surface area (Å²) in [4.78, 5) is 4.37. The number of quaternary nitrogens is 1. The number of rotatable bonds is 6. The topological polar surface area (TPSA) is 42.4 Å². The largest absolute Gasteiger partial charge is 0.497 e. The highest BCUT2D eigenvalue weighted by Gasteiger charge is 2.54. The molecule has 3 saturated heterocycles. The van der Waals surface area contributed by atoms with Crippen molar-refractivity contribution >= 4 is 10.9 Å². The van der Waals surface area contributed by atoms with Gasteiger partial charge in [-0.05, 0) is 47.9 Å². The number of aliphatic hydroxyl groups excluding tert-OH is 1. The summed E-state index contributed by atoms with van der Waals surface area (Å²) >= 11 is 0. The molecule has 2 bridgehead atoms. The van der Waals surface area contributed by atoms with Gasteiger partial charge < -0.3 is 14.3 Å². The van der Waals surface area contributed by atoms with Crippen LogP contribution < -0.4 is 4.74 Å². The van der Waals surface area contributed by atoms with Gasteiger partial charge in [0.25, 0.3) is 0 Å². The minimum atomic E-state index is -4.97. The Morgan fingerprint density at radius 3 is 2.54 bits per heavy atom. The summed E-state index contributed by atoms with van der Waals surface area (Å²) in [5.41, 5.74) is -1.61. The molecule has 3 aliphatic rings. The zero-order valence-corrected chi connectivity index (χ0v) is 21.3. The maximum absolute atomic E-state index is 14.1. The van der Waals surface area contributed by atoms with E-state index in [1.165, 1.54) is 7.11 Å². The predicted octanol–water partition coefficient (Wildman–Crippen LogP) is 6.93. The molecule has 10 heteroatoms. The van der Waals surface area contributed by atoms with Crippen molar-refractivity contribution in [1.82, 2.24) is 4.98 Å². The summed E-state index contributed by atoms with van der Waals surface area (Å²) in [5.74, 6) is 0.810. The second kappa shape index (κ2) is 9.82. The molecule has 0 aliphatic carbocycles. The summed E-state index contributed by atoms with van der Waals surface area (Å²) < 4.78 is 87.5. The molecule has 4 nitrogen and oxygen atoms in total. The van der Waals surface area contributed by atoms with Crippen LogP contribution in [0.2, 0.25) is 0 Å². The highest BCUT2D eigenvalue weighted by atomic mass is 19.4. The second-order valence-corrected chi connectivity index (χ2v) is 10.6. The standard InChI is InChI=1S/C29H29F6N2O2/c1-3-17-15-37(16-19-4-5-20(28(30,31)32)13-24(19)29(33,34)35)11-9-18(17)12-26(37)27(38)22-8-10-36-25-7-6-21(39-2)14-23(22)25/h3-8,10,13-14,17-18,26-27,38H,1,9,11-12,15-16H2,2H3/q+1/t17-,18-,26-,27+,37-/m0/s1. The van der Waals surface area contributed by atoms with Gasteiger partial charge in [-0.1, -0.05) is 12.1 Å². The van der Waals surface area contributed by atoms with E-state index in [-0.39, 0.29) is 34.5 Å². The molecule has 0 saturated carbocycles. The average Bonchev–Trinajstić information content (AvgIpc) is 2.90. The molecule has 3 aliphatic heterocycles. The fourth-order valence-electron chi connectivity index (χ4n) is 6.61. The Morgan fingerprint density at radius 2 is 1.87 bits per heavy atom. The third-order valence-electron chi connectivity index (χ3n) is 8.57. The van der Waals surface area contributed by atoms with Crippen LogP contribution in [0.25, 0.3) is 10.9 Å². The number of nitrogens with zero attached hydrogens (tertiary/aromatic N) is 2. The van der Waals surface area contributed by atoms with Crippen molar-refractivity contribution in [3.63, 3.8) is 0 Å². The Morgan fingerprint density at radius 1 is 1.10 bits per heavy atom. The predicted molar refractivity (Wildman–Crippen MR) is 134 cm³/mol. The van der Waals surface area contributed by atoms with Crippen LogP contribution >= 0.6 is 0 Å². The molecule has 3 fully saturated rings. The number of benzene rings is 2. The third-order valence-corrected chi connectivity index (χ3v) is 8.57.